The Hall–Kier alpha value is -1.55. The third-order valence-electron chi connectivity index (χ3n) is 4.11. The van der Waals surface area contributed by atoms with E-state index in [1.165, 1.54) is 10.3 Å². The SMILES string of the molecule is BrB(Br)Br.Cc1ccc2sc(-c3ccc(N=Nc4ccc(O)cc4C)cc3)nc2c1. The molecule has 0 aliphatic heterocycles. The van der Waals surface area contributed by atoms with Crippen LogP contribution in [-0.4, -0.2) is 13.3 Å². The number of hydrogen-bond acceptors (Lipinski definition) is 5. The van der Waals surface area contributed by atoms with Crippen LogP contribution in [0.3, 0.4) is 0 Å². The number of aromatic nitrogens is 1. The molecule has 0 radical (unpaired) electrons. The molecule has 0 atom stereocenters. The maximum absolute atomic E-state index is 9.45. The number of phenolic OH excluding ortho intramolecular Hbond substituents is 1. The highest BCUT2D eigenvalue weighted by molar-refractivity contribution is 9.69. The lowest BCUT2D eigenvalue weighted by Gasteiger charge is -2.00. The van der Waals surface area contributed by atoms with Crippen molar-refractivity contribution in [2.75, 3.05) is 0 Å². The Kier molecular flexibility index (Phi) is 8.22. The van der Waals surface area contributed by atoms with Crippen LogP contribution in [-0.2, 0) is 0 Å². The summed E-state index contributed by atoms with van der Waals surface area (Å²) in [6.07, 6.45) is 0. The van der Waals surface area contributed by atoms with E-state index in [4.69, 9.17) is 4.98 Å². The highest BCUT2D eigenvalue weighted by Crippen LogP contribution is 2.32. The lowest BCUT2D eigenvalue weighted by Crippen LogP contribution is -1.76. The molecule has 1 heterocycles. The Morgan fingerprint density at radius 1 is 0.900 bits per heavy atom. The average molecular weight is 610 g/mol. The molecule has 152 valence electrons. The zero-order chi connectivity index (χ0) is 21.7. The van der Waals surface area contributed by atoms with Gasteiger partial charge in [-0.3, -0.25) is 0 Å². The summed E-state index contributed by atoms with van der Waals surface area (Å²) in [5.41, 5.74) is 5.73. The van der Waals surface area contributed by atoms with Gasteiger partial charge in [-0.05, 0) is 79.6 Å². The van der Waals surface area contributed by atoms with Gasteiger partial charge in [-0.25, -0.2) is 4.98 Å². The normalized spacial score (nSPS) is 10.8. The van der Waals surface area contributed by atoms with Crippen molar-refractivity contribution >= 4 is 83.4 Å². The molecule has 30 heavy (non-hydrogen) atoms. The Morgan fingerprint density at radius 2 is 1.60 bits per heavy atom. The summed E-state index contributed by atoms with van der Waals surface area (Å²) in [5.74, 6) is 0.233. The highest BCUT2D eigenvalue weighted by Gasteiger charge is 2.06. The predicted octanol–water partition coefficient (Wildman–Crippen LogP) is 8.86. The summed E-state index contributed by atoms with van der Waals surface area (Å²) >= 11 is 11.0. The zero-order valence-corrected chi connectivity index (χ0v) is 21.8. The molecule has 0 saturated heterocycles. The number of benzene rings is 3. The van der Waals surface area contributed by atoms with Crippen LogP contribution in [0.15, 0.2) is 70.9 Å². The van der Waals surface area contributed by atoms with Crippen LogP contribution in [0.5, 0.6) is 5.75 Å². The van der Waals surface area contributed by atoms with Crippen molar-refractivity contribution in [1.29, 1.82) is 0 Å². The molecular formula is C21H17BBr3N3OS. The number of nitrogens with zero attached hydrogens (tertiary/aromatic N) is 3. The third-order valence-corrected chi connectivity index (χ3v) is 5.20. The molecule has 1 N–H and O–H groups in total. The molecule has 0 bridgehead atoms. The second-order valence-corrected chi connectivity index (χ2v) is 13.9. The van der Waals surface area contributed by atoms with Gasteiger partial charge >= 0.3 is 3.18 Å². The van der Waals surface area contributed by atoms with E-state index in [2.05, 4.69) is 82.6 Å². The van der Waals surface area contributed by atoms with E-state index in [1.54, 1.807) is 29.5 Å². The van der Waals surface area contributed by atoms with Gasteiger partial charge in [0.05, 0.1) is 21.6 Å². The maximum Gasteiger partial charge on any atom is 0.369 e. The van der Waals surface area contributed by atoms with Crippen LogP contribution in [0.2, 0.25) is 0 Å². The number of aryl methyl sites for hydroxylation is 2. The van der Waals surface area contributed by atoms with Crippen molar-refractivity contribution in [3.63, 3.8) is 0 Å². The standard InChI is InChI=1S/C21H17N3OS.BBr3/c1-13-3-10-20-19(11-13)22-21(26-20)15-4-6-16(7-5-15)23-24-18-9-8-17(25)12-14(18)2;2-1(3)4/h3-12,25H,1-2H3;. The van der Waals surface area contributed by atoms with E-state index in [9.17, 15) is 5.11 Å². The summed E-state index contributed by atoms with van der Waals surface area (Å²) in [5, 5.41) is 19.0. The van der Waals surface area contributed by atoms with E-state index in [1.807, 2.05) is 31.2 Å². The quantitative estimate of drug-likeness (QED) is 0.186. The zero-order valence-electron chi connectivity index (χ0n) is 16.2. The largest absolute Gasteiger partial charge is 0.508 e. The van der Waals surface area contributed by atoms with Crippen LogP contribution < -0.4 is 0 Å². The molecule has 0 aliphatic carbocycles. The number of aromatic hydroxyl groups is 1. The molecule has 0 spiro atoms. The lowest BCUT2D eigenvalue weighted by atomic mass is 10.2. The molecule has 3 aromatic carbocycles. The van der Waals surface area contributed by atoms with Gasteiger partial charge < -0.3 is 5.11 Å². The Morgan fingerprint density at radius 3 is 2.27 bits per heavy atom. The molecule has 9 heteroatoms. The van der Waals surface area contributed by atoms with Crippen molar-refractivity contribution in [3.8, 4) is 16.3 Å². The number of fused-ring (bicyclic) bond motifs is 1. The molecule has 0 saturated carbocycles. The first-order valence-electron chi connectivity index (χ1n) is 8.93. The van der Waals surface area contributed by atoms with Crippen LogP contribution in [0.1, 0.15) is 11.1 Å². The van der Waals surface area contributed by atoms with Gasteiger partial charge in [0.15, 0.2) is 0 Å². The number of phenols is 1. The van der Waals surface area contributed by atoms with Crippen LogP contribution in [0.4, 0.5) is 11.4 Å². The number of rotatable bonds is 3. The fourth-order valence-electron chi connectivity index (χ4n) is 2.70. The summed E-state index contributed by atoms with van der Waals surface area (Å²) in [4.78, 5) is 4.73. The van der Waals surface area contributed by atoms with E-state index in [0.717, 1.165) is 33.0 Å². The van der Waals surface area contributed by atoms with Crippen molar-refractivity contribution in [1.82, 2.24) is 4.98 Å². The van der Waals surface area contributed by atoms with Crippen LogP contribution >= 0.6 is 58.6 Å². The fourth-order valence-corrected chi connectivity index (χ4v) is 3.65. The maximum atomic E-state index is 9.45. The van der Waals surface area contributed by atoms with Gasteiger partial charge in [0.2, 0.25) is 0 Å². The van der Waals surface area contributed by atoms with Crippen LogP contribution in [0, 0.1) is 13.8 Å². The van der Waals surface area contributed by atoms with Crippen LogP contribution in [0.25, 0.3) is 20.8 Å². The van der Waals surface area contributed by atoms with Gasteiger partial charge in [0.25, 0.3) is 0 Å². The molecule has 4 nitrogen and oxygen atoms in total. The summed E-state index contributed by atoms with van der Waals surface area (Å²) < 4.78 is 1.46. The third kappa shape index (κ3) is 6.47. The highest BCUT2D eigenvalue weighted by atomic mass is 79.9. The fraction of sp³-hybridized carbons (Fsp3) is 0.0952. The predicted molar refractivity (Wildman–Crippen MR) is 139 cm³/mol. The first-order valence-corrected chi connectivity index (χ1v) is 12.5. The Labute approximate surface area is 204 Å². The van der Waals surface area contributed by atoms with Gasteiger partial charge in [-0.15, -0.1) is 58.6 Å². The summed E-state index contributed by atoms with van der Waals surface area (Å²) in [6, 6.07) is 19.3. The molecule has 0 fully saturated rings. The molecular weight excluding hydrogens is 593 g/mol. The minimum Gasteiger partial charge on any atom is -0.508 e. The topological polar surface area (TPSA) is 57.8 Å². The number of azo groups is 1. The minimum absolute atomic E-state index is 0.233. The van der Waals surface area contributed by atoms with Gasteiger partial charge in [0.1, 0.15) is 10.8 Å². The van der Waals surface area contributed by atoms with Crippen molar-refractivity contribution in [3.05, 3.63) is 71.8 Å². The first-order chi connectivity index (χ1) is 14.3. The van der Waals surface area contributed by atoms with E-state index in [0.29, 0.717) is 0 Å². The Bertz CT molecular complexity index is 1180. The first kappa shape index (κ1) is 23.1. The second-order valence-electron chi connectivity index (χ2n) is 6.46. The van der Waals surface area contributed by atoms with E-state index in [-0.39, 0.29) is 8.93 Å². The summed E-state index contributed by atoms with van der Waals surface area (Å²) in [6.45, 7) is 3.97. The van der Waals surface area contributed by atoms with Gasteiger partial charge in [-0.2, -0.15) is 10.2 Å². The minimum atomic E-state index is 0.233. The monoisotopic (exact) mass is 607 g/mol. The summed E-state index contributed by atoms with van der Waals surface area (Å²) in [7, 11) is 0. The van der Waals surface area contributed by atoms with Gasteiger partial charge in [-0.1, -0.05) is 6.07 Å². The lowest BCUT2D eigenvalue weighted by molar-refractivity contribution is 0.475. The van der Waals surface area contributed by atoms with E-state index >= 15 is 0 Å². The molecule has 0 aliphatic rings. The van der Waals surface area contributed by atoms with E-state index < -0.39 is 0 Å². The number of hydrogen-bond donors (Lipinski definition) is 1. The molecule has 0 amide bonds. The van der Waals surface area contributed by atoms with Crippen molar-refractivity contribution in [2.45, 2.75) is 13.8 Å². The van der Waals surface area contributed by atoms with Crippen molar-refractivity contribution < 1.29 is 5.11 Å². The smallest absolute Gasteiger partial charge is 0.369 e. The molecule has 4 aromatic rings. The second kappa shape index (κ2) is 10.7. The average Bonchev–Trinajstić information content (AvgIpc) is 3.10. The van der Waals surface area contributed by atoms with Crippen molar-refractivity contribution in [2.24, 2.45) is 10.2 Å². The molecule has 4 rings (SSSR count). The number of halogens is 3. The Balaban J connectivity index is 0.000000589. The number of thiazole rings is 1. The molecule has 0 unspecified atom stereocenters. The molecule has 1 aromatic heterocycles. The van der Waals surface area contributed by atoms with Gasteiger partial charge in [0, 0.05) is 5.56 Å².